The van der Waals surface area contributed by atoms with Gasteiger partial charge in [-0.25, -0.2) is 19.3 Å². The predicted octanol–water partition coefficient (Wildman–Crippen LogP) is 4.36. The summed E-state index contributed by atoms with van der Waals surface area (Å²) in [6.45, 7) is 10.6. The van der Waals surface area contributed by atoms with E-state index in [1.54, 1.807) is 21.6 Å². The van der Waals surface area contributed by atoms with Crippen molar-refractivity contribution in [2.75, 3.05) is 31.5 Å². The van der Waals surface area contributed by atoms with Gasteiger partial charge in [-0.05, 0) is 106 Å². The van der Waals surface area contributed by atoms with Gasteiger partial charge in [0.1, 0.15) is 22.3 Å². The zero-order chi connectivity index (χ0) is 32.2. The van der Waals surface area contributed by atoms with Crippen molar-refractivity contribution in [2.24, 2.45) is 0 Å². The van der Waals surface area contributed by atoms with E-state index < -0.39 is 5.60 Å². The normalized spacial score (nSPS) is 22.6. The van der Waals surface area contributed by atoms with Crippen LogP contribution in [0.3, 0.4) is 0 Å². The molecule has 3 N–H and O–H groups in total. The van der Waals surface area contributed by atoms with Crippen LogP contribution >= 0.6 is 0 Å². The maximum absolute atomic E-state index is 13.5. The molecule has 3 aromatic heterocycles. The molecule has 47 heavy (non-hydrogen) atoms. The molecule has 11 nitrogen and oxygen atoms in total. The fraction of sp³-hybridized carbons (Fsp3) is 0.500. The number of allylic oxidation sites excluding steroid dienone is 1. The molecule has 0 radical (unpaired) electrons. The Morgan fingerprint density at radius 3 is 2.68 bits per heavy atom. The minimum absolute atomic E-state index is 0.0693. The average Bonchev–Trinajstić information content (AvgIpc) is 3.58. The highest BCUT2D eigenvalue weighted by Gasteiger charge is 2.41. The van der Waals surface area contributed by atoms with E-state index in [4.69, 9.17) is 14.7 Å². The highest BCUT2D eigenvalue weighted by atomic mass is 16.5. The molecule has 4 aromatic rings. The van der Waals surface area contributed by atoms with Crippen LogP contribution < -0.4 is 20.9 Å². The Morgan fingerprint density at radius 1 is 1.09 bits per heavy atom. The molecule has 0 saturated carbocycles. The van der Waals surface area contributed by atoms with Gasteiger partial charge >= 0.3 is 0 Å². The van der Waals surface area contributed by atoms with Crippen molar-refractivity contribution in [1.82, 2.24) is 34.5 Å². The number of benzene rings is 1. The van der Waals surface area contributed by atoms with Gasteiger partial charge in [-0.15, -0.1) is 6.58 Å². The number of pyridine rings is 1. The van der Waals surface area contributed by atoms with Crippen molar-refractivity contribution < 1.29 is 9.84 Å². The first-order valence-electron chi connectivity index (χ1n) is 17.2. The van der Waals surface area contributed by atoms with Gasteiger partial charge in [0.25, 0.3) is 5.56 Å². The standard InChI is InChI=1S/C36H44N8O3/c1-3-19-43-33(45)28-23-38-34(41-32(28)44(43)30-8-5-24-10-14-36(46,4-2)31(24)40-30)39-26-6-7-29-25(22-26)9-13-35(47-29)15-20-42(21-16-35)27-11-17-37-18-12-27/h3,5-8,22-23,27,37,46H,1,4,9-21H2,2H3,(H,38,39,41)/t36-/m1/s1. The summed E-state index contributed by atoms with van der Waals surface area (Å²) in [5.74, 6) is 1.88. The molecule has 1 atom stereocenters. The monoisotopic (exact) mass is 636 g/mol. The topological polar surface area (TPSA) is 122 Å². The van der Waals surface area contributed by atoms with Crippen LogP contribution in [0.25, 0.3) is 16.9 Å². The van der Waals surface area contributed by atoms with Crippen molar-refractivity contribution >= 4 is 22.7 Å². The molecule has 3 aliphatic heterocycles. The Labute approximate surface area is 274 Å². The number of ether oxygens (including phenoxy) is 1. The molecule has 11 heteroatoms. The van der Waals surface area contributed by atoms with Crippen LogP contribution in [0.1, 0.15) is 68.7 Å². The molecule has 8 rings (SSSR count). The molecule has 6 heterocycles. The number of aromatic nitrogens is 5. The number of aliphatic hydroxyl groups is 1. The van der Waals surface area contributed by atoms with E-state index in [1.807, 2.05) is 25.1 Å². The van der Waals surface area contributed by atoms with Crippen LogP contribution in [0, 0.1) is 0 Å². The van der Waals surface area contributed by atoms with Gasteiger partial charge in [-0.1, -0.05) is 19.1 Å². The van der Waals surface area contributed by atoms with Gasteiger partial charge in [-0.2, -0.15) is 4.98 Å². The van der Waals surface area contributed by atoms with Crippen LogP contribution in [0.15, 0.2) is 54.0 Å². The van der Waals surface area contributed by atoms with Gasteiger partial charge in [-0.3, -0.25) is 9.69 Å². The maximum atomic E-state index is 13.5. The van der Waals surface area contributed by atoms with Crippen molar-refractivity contribution in [1.29, 1.82) is 0 Å². The Bertz CT molecular complexity index is 1890. The molecule has 2 saturated heterocycles. The Balaban J connectivity index is 1.05. The zero-order valence-electron chi connectivity index (χ0n) is 27.2. The van der Waals surface area contributed by atoms with Gasteiger partial charge in [0, 0.05) is 31.0 Å². The van der Waals surface area contributed by atoms with E-state index in [1.165, 1.54) is 18.4 Å². The van der Waals surface area contributed by atoms with Crippen molar-refractivity contribution in [3.63, 3.8) is 0 Å². The fourth-order valence-corrected chi connectivity index (χ4v) is 8.16. The fourth-order valence-electron chi connectivity index (χ4n) is 8.16. The first-order valence-corrected chi connectivity index (χ1v) is 17.2. The third kappa shape index (κ3) is 5.34. The Hall–Kier alpha value is -4.06. The summed E-state index contributed by atoms with van der Waals surface area (Å²) in [6, 6.07) is 10.8. The third-order valence-electron chi connectivity index (χ3n) is 11.0. The maximum Gasteiger partial charge on any atom is 0.278 e. The third-order valence-corrected chi connectivity index (χ3v) is 11.0. The molecule has 2 fully saturated rings. The van der Waals surface area contributed by atoms with Crippen molar-refractivity contribution in [3.05, 3.63) is 76.4 Å². The number of fused-ring (bicyclic) bond motifs is 3. The van der Waals surface area contributed by atoms with E-state index in [9.17, 15) is 9.90 Å². The molecule has 4 aliphatic rings. The molecule has 1 aliphatic carbocycles. The quantitative estimate of drug-likeness (QED) is 0.254. The van der Waals surface area contributed by atoms with Crippen LogP contribution in [-0.4, -0.2) is 72.1 Å². The number of aryl methyl sites for hydroxylation is 2. The van der Waals surface area contributed by atoms with Crippen molar-refractivity contribution in [3.8, 4) is 11.6 Å². The van der Waals surface area contributed by atoms with E-state index in [-0.39, 0.29) is 17.7 Å². The highest BCUT2D eigenvalue weighted by molar-refractivity contribution is 5.77. The van der Waals surface area contributed by atoms with Gasteiger partial charge in [0.05, 0.1) is 12.2 Å². The SMILES string of the molecule is C=CCn1c(=O)c2cnc(Nc3ccc4c(c3)CCC3(CCN(C5CCNCC5)CC3)O4)nc2n1-c1ccc2c(n1)[C@@](O)(CC)CC2. The lowest BCUT2D eigenvalue weighted by Gasteiger charge is -2.47. The molecule has 246 valence electrons. The summed E-state index contributed by atoms with van der Waals surface area (Å²) in [4.78, 5) is 30.4. The predicted molar refractivity (Wildman–Crippen MR) is 182 cm³/mol. The highest BCUT2D eigenvalue weighted by Crippen LogP contribution is 2.41. The number of nitrogens with one attached hydrogen (secondary N) is 2. The minimum atomic E-state index is -0.973. The lowest BCUT2D eigenvalue weighted by Crippen LogP contribution is -2.53. The number of likely N-dealkylation sites (tertiary alicyclic amines) is 1. The van der Waals surface area contributed by atoms with Crippen molar-refractivity contribution in [2.45, 2.75) is 88.5 Å². The summed E-state index contributed by atoms with van der Waals surface area (Å²) in [5, 5.41) is 18.5. The second-order valence-electron chi connectivity index (χ2n) is 13.7. The number of piperidine rings is 2. The van der Waals surface area contributed by atoms with E-state index in [0.29, 0.717) is 47.4 Å². The average molecular weight is 637 g/mol. The first-order chi connectivity index (χ1) is 22.9. The number of nitrogens with zero attached hydrogens (tertiary/aromatic N) is 6. The summed E-state index contributed by atoms with van der Waals surface area (Å²) >= 11 is 0. The molecule has 0 amide bonds. The number of anilines is 2. The smallest absolute Gasteiger partial charge is 0.278 e. The molecular formula is C36H44N8O3. The Morgan fingerprint density at radius 2 is 1.89 bits per heavy atom. The van der Waals surface area contributed by atoms with E-state index in [0.717, 1.165) is 75.3 Å². The summed E-state index contributed by atoms with van der Waals surface area (Å²) < 4.78 is 10.0. The molecule has 1 aromatic carbocycles. The van der Waals surface area contributed by atoms with Crippen LogP contribution in [-0.2, 0) is 25.0 Å². The first kappa shape index (κ1) is 30.3. The van der Waals surface area contributed by atoms with Crippen LogP contribution in [0.5, 0.6) is 5.75 Å². The molecule has 0 unspecified atom stereocenters. The molecular weight excluding hydrogens is 592 g/mol. The lowest BCUT2D eigenvalue weighted by molar-refractivity contribution is -0.0276. The molecule has 0 bridgehead atoms. The zero-order valence-corrected chi connectivity index (χ0v) is 27.2. The largest absolute Gasteiger partial charge is 0.487 e. The summed E-state index contributed by atoms with van der Waals surface area (Å²) in [6.07, 6.45) is 11.9. The van der Waals surface area contributed by atoms with Gasteiger partial charge < -0.3 is 20.5 Å². The summed E-state index contributed by atoms with van der Waals surface area (Å²) in [7, 11) is 0. The van der Waals surface area contributed by atoms with Gasteiger partial charge in [0.2, 0.25) is 5.95 Å². The second-order valence-corrected chi connectivity index (χ2v) is 13.7. The minimum Gasteiger partial charge on any atom is -0.487 e. The number of rotatable bonds is 7. The number of hydrogen-bond donors (Lipinski definition) is 3. The Kier molecular flexibility index (Phi) is 7.65. The lowest BCUT2D eigenvalue weighted by atomic mass is 9.82. The van der Waals surface area contributed by atoms with E-state index in [2.05, 4.69) is 39.2 Å². The summed E-state index contributed by atoms with van der Waals surface area (Å²) in [5.41, 5.74) is 2.94. The van der Waals surface area contributed by atoms with Crippen LogP contribution in [0.2, 0.25) is 0 Å². The van der Waals surface area contributed by atoms with Gasteiger partial charge in [0.15, 0.2) is 11.5 Å². The van der Waals surface area contributed by atoms with Crippen LogP contribution in [0.4, 0.5) is 11.6 Å². The number of hydrogen-bond acceptors (Lipinski definition) is 9. The second kappa shape index (κ2) is 11.9. The molecule has 1 spiro atoms. The van der Waals surface area contributed by atoms with E-state index >= 15 is 0 Å².